The Hall–Kier alpha value is -0.780. The zero-order valence-electron chi connectivity index (χ0n) is 12.6. The average molecular weight is 359 g/mol. The molecule has 1 heterocycles. The van der Waals surface area contributed by atoms with Gasteiger partial charge >= 0.3 is 0 Å². The Morgan fingerprint density at radius 1 is 1.38 bits per heavy atom. The highest BCUT2D eigenvalue weighted by Gasteiger charge is 2.26. The van der Waals surface area contributed by atoms with Crippen LogP contribution in [0.15, 0.2) is 18.2 Å². The van der Waals surface area contributed by atoms with E-state index in [-0.39, 0.29) is 28.8 Å². The molecule has 0 radical (unpaired) electrons. The molecule has 4 nitrogen and oxygen atoms in total. The molecule has 1 fully saturated rings. The molecule has 2 rings (SSSR count). The van der Waals surface area contributed by atoms with Gasteiger partial charge < -0.3 is 21.3 Å². The van der Waals surface area contributed by atoms with Crippen LogP contribution in [0.5, 0.6) is 5.75 Å². The van der Waals surface area contributed by atoms with E-state index in [2.05, 4.69) is 12.2 Å². The van der Waals surface area contributed by atoms with Crippen molar-refractivity contribution < 1.29 is 10.2 Å². The number of halogens is 1. The maximum Gasteiger partial charge on any atom is 0.138 e. The second-order valence-electron chi connectivity index (χ2n) is 5.86. The summed E-state index contributed by atoms with van der Waals surface area (Å²) in [6.45, 7) is 3.20. The van der Waals surface area contributed by atoms with Gasteiger partial charge in [0.15, 0.2) is 0 Å². The molecule has 0 spiro atoms. The summed E-state index contributed by atoms with van der Waals surface area (Å²) in [5.41, 5.74) is 6.77. The van der Waals surface area contributed by atoms with Crippen molar-refractivity contribution in [2.24, 2.45) is 5.92 Å². The lowest BCUT2D eigenvalue weighted by molar-refractivity contribution is 0.102. The van der Waals surface area contributed by atoms with E-state index in [4.69, 9.17) is 5.73 Å². The van der Waals surface area contributed by atoms with Crippen LogP contribution in [0.4, 0.5) is 5.69 Å². The zero-order chi connectivity index (χ0) is 14.5. The molecule has 1 aliphatic rings. The molecule has 21 heavy (non-hydrogen) atoms. The first kappa shape index (κ1) is 18.3. The number of anilines is 1. The molecule has 0 aliphatic carbocycles. The molecule has 0 aromatic heterocycles. The van der Waals surface area contributed by atoms with Crippen LogP contribution in [0.3, 0.4) is 0 Å². The lowest BCUT2D eigenvalue weighted by atomic mass is 9.87. The number of nitrogens with two attached hydrogens (primary N) is 1. The quantitative estimate of drug-likeness (QED) is 0.481. The fraction of sp³-hybridized carbons (Fsp3) is 0.625. The minimum Gasteiger partial charge on any atom is -0.506 e. The van der Waals surface area contributed by atoms with E-state index in [1.54, 1.807) is 18.2 Å². The van der Waals surface area contributed by atoms with E-state index in [9.17, 15) is 10.2 Å². The number of aromatic hydroxyl groups is 1. The van der Waals surface area contributed by atoms with Gasteiger partial charge in [-0.25, -0.2) is 0 Å². The van der Waals surface area contributed by atoms with E-state index in [1.807, 2.05) is 0 Å². The maximum atomic E-state index is 10.4. The normalized spacial score (nSPS) is 23.3. The summed E-state index contributed by atoms with van der Waals surface area (Å²) in [5, 5.41) is 23.3. The topological polar surface area (TPSA) is 78.5 Å². The van der Waals surface area contributed by atoms with E-state index >= 15 is 0 Å². The monoisotopic (exact) mass is 358 g/mol. The molecule has 0 amide bonds. The standard InChI is InChI=1S/C16H26N2O2.BrH/c1-2-3-4-11-5-7-14(18-10-11)16(20)12-6-8-15(19)13(17)9-12;/h6,8-9,11,14,16,18-20H,2-5,7,10,17H2,1H3;1H. The molecule has 5 N–H and O–H groups in total. The van der Waals surface area contributed by atoms with E-state index in [1.165, 1.54) is 25.7 Å². The van der Waals surface area contributed by atoms with Crippen LogP contribution in [0.2, 0.25) is 0 Å². The van der Waals surface area contributed by atoms with Crippen molar-refractivity contribution in [2.75, 3.05) is 12.3 Å². The number of rotatable bonds is 5. The fourth-order valence-corrected chi connectivity index (χ4v) is 2.94. The summed E-state index contributed by atoms with van der Waals surface area (Å²) < 4.78 is 0. The third kappa shape index (κ3) is 4.87. The first-order valence-electron chi connectivity index (χ1n) is 7.61. The molecule has 120 valence electrons. The van der Waals surface area contributed by atoms with Gasteiger partial charge in [0.25, 0.3) is 0 Å². The fourth-order valence-electron chi connectivity index (χ4n) is 2.94. The molecule has 5 heteroatoms. The molecule has 1 aliphatic heterocycles. The first-order valence-corrected chi connectivity index (χ1v) is 7.61. The first-order chi connectivity index (χ1) is 9.61. The van der Waals surface area contributed by atoms with Crippen molar-refractivity contribution >= 4 is 22.7 Å². The van der Waals surface area contributed by atoms with Crippen LogP contribution in [0.1, 0.15) is 50.7 Å². The van der Waals surface area contributed by atoms with Crippen molar-refractivity contribution in [2.45, 2.75) is 51.2 Å². The number of aliphatic hydroxyl groups excluding tert-OH is 1. The molecule has 1 saturated heterocycles. The number of nitrogen functional groups attached to an aromatic ring is 1. The Morgan fingerprint density at radius 2 is 2.14 bits per heavy atom. The number of hydrogen-bond donors (Lipinski definition) is 4. The van der Waals surface area contributed by atoms with Gasteiger partial charge in [-0.3, -0.25) is 0 Å². The van der Waals surface area contributed by atoms with Crippen LogP contribution in [-0.4, -0.2) is 22.8 Å². The van der Waals surface area contributed by atoms with E-state index in [0.29, 0.717) is 5.69 Å². The largest absolute Gasteiger partial charge is 0.506 e. The molecular formula is C16H27BrN2O2. The maximum absolute atomic E-state index is 10.4. The summed E-state index contributed by atoms with van der Waals surface area (Å²) in [7, 11) is 0. The molecule has 3 atom stereocenters. The molecule has 1 aromatic rings. The Balaban J connectivity index is 0.00000220. The van der Waals surface area contributed by atoms with Gasteiger partial charge in [-0.05, 0) is 49.4 Å². The summed E-state index contributed by atoms with van der Waals surface area (Å²) in [5.74, 6) is 0.806. The number of phenolic OH excluding ortho intramolecular Hbond substituents is 1. The van der Waals surface area contributed by atoms with Gasteiger partial charge in [0.2, 0.25) is 0 Å². The van der Waals surface area contributed by atoms with Crippen molar-refractivity contribution in [1.82, 2.24) is 5.32 Å². The number of piperidine rings is 1. The van der Waals surface area contributed by atoms with E-state index in [0.717, 1.165) is 24.4 Å². The zero-order valence-corrected chi connectivity index (χ0v) is 14.3. The highest BCUT2D eigenvalue weighted by atomic mass is 79.9. The summed E-state index contributed by atoms with van der Waals surface area (Å²) >= 11 is 0. The third-order valence-electron chi connectivity index (χ3n) is 4.29. The van der Waals surface area contributed by atoms with Gasteiger partial charge in [-0.2, -0.15) is 0 Å². The summed E-state index contributed by atoms with van der Waals surface area (Å²) in [4.78, 5) is 0. The number of hydrogen-bond acceptors (Lipinski definition) is 4. The second kappa shape index (κ2) is 8.61. The molecule has 3 unspecified atom stereocenters. The molecule has 0 bridgehead atoms. The minimum atomic E-state index is -0.565. The smallest absolute Gasteiger partial charge is 0.138 e. The Bertz CT molecular complexity index is 434. The van der Waals surface area contributed by atoms with Gasteiger partial charge in [-0.15, -0.1) is 17.0 Å². The highest BCUT2D eigenvalue weighted by Crippen LogP contribution is 2.30. The lowest BCUT2D eigenvalue weighted by Gasteiger charge is -2.33. The van der Waals surface area contributed by atoms with Crippen molar-refractivity contribution in [3.05, 3.63) is 23.8 Å². The number of aliphatic hydroxyl groups is 1. The van der Waals surface area contributed by atoms with Crippen molar-refractivity contribution in [1.29, 1.82) is 0 Å². The predicted molar refractivity (Wildman–Crippen MR) is 91.8 cm³/mol. The van der Waals surface area contributed by atoms with E-state index < -0.39 is 6.10 Å². The van der Waals surface area contributed by atoms with Crippen LogP contribution in [0, 0.1) is 5.92 Å². The Kier molecular flexibility index (Phi) is 7.49. The van der Waals surface area contributed by atoms with Gasteiger partial charge in [0.1, 0.15) is 5.75 Å². The minimum absolute atomic E-state index is 0. The second-order valence-corrected chi connectivity index (χ2v) is 5.86. The average Bonchev–Trinajstić information content (AvgIpc) is 2.48. The Labute approximate surface area is 137 Å². The number of benzene rings is 1. The van der Waals surface area contributed by atoms with Gasteiger partial charge in [-0.1, -0.05) is 25.8 Å². The lowest BCUT2D eigenvalue weighted by Crippen LogP contribution is -2.42. The van der Waals surface area contributed by atoms with Crippen molar-refractivity contribution in [3.63, 3.8) is 0 Å². The third-order valence-corrected chi connectivity index (χ3v) is 4.29. The van der Waals surface area contributed by atoms with Gasteiger partial charge in [0, 0.05) is 6.04 Å². The molecule has 0 saturated carbocycles. The number of phenols is 1. The number of nitrogens with one attached hydrogen (secondary N) is 1. The highest BCUT2D eigenvalue weighted by molar-refractivity contribution is 8.93. The van der Waals surface area contributed by atoms with Crippen LogP contribution < -0.4 is 11.1 Å². The van der Waals surface area contributed by atoms with Crippen LogP contribution >= 0.6 is 17.0 Å². The van der Waals surface area contributed by atoms with Gasteiger partial charge in [0.05, 0.1) is 11.8 Å². The SMILES string of the molecule is Br.CCCCC1CCC(C(O)c2ccc(O)c(N)c2)NC1. The van der Waals surface area contributed by atoms with Crippen LogP contribution in [-0.2, 0) is 0 Å². The number of unbranched alkanes of at least 4 members (excludes halogenated alkanes) is 1. The van der Waals surface area contributed by atoms with Crippen LogP contribution in [0.25, 0.3) is 0 Å². The summed E-state index contributed by atoms with van der Waals surface area (Å²) in [6, 6.07) is 5.02. The predicted octanol–water partition coefficient (Wildman–Crippen LogP) is 3.14. The molecular weight excluding hydrogens is 332 g/mol. The van der Waals surface area contributed by atoms with Crippen molar-refractivity contribution in [3.8, 4) is 5.75 Å². The summed E-state index contributed by atoms with van der Waals surface area (Å²) in [6.07, 6.45) is 5.39. The Morgan fingerprint density at radius 3 is 2.71 bits per heavy atom. The molecule has 1 aromatic carbocycles.